The molecule has 1 atom stereocenters. The number of hydrogen-bond donors (Lipinski definition) is 0. The van der Waals surface area contributed by atoms with Gasteiger partial charge in [0, 0.05) is 18.5 Å². The van der Waals surface area contributed by atoms with Crippen molar-refractivity contribution in [3.63, 3.8) is 0 Å². The summed E-state index contributed by atoms with van der Waals surface area (Å²) >= 11 is 1.75. The van der Waals surface area contributed by atoms with Crippen LogP contribution in [0.5, 0.6) is 0 Å². The zero-order valence-electron chi connectivity index (χ0n) is 12.4. The number of carbonyl (C=O) groups is 1. The van der Waals surface area contributed by atoms with E-state index in [9.17, 15) is 4.79 Å². The fourth-order valence-corrected chi connectivity index (χ4v) is 3.52. The first-order valence-corrected chi connectivity index (χ1v) is 8.43. The van der Waals surface area contributed by atoms with Crippen molar-refractivity contribution in [2.45, 2.75) is 46.1 Å². The van der Waals surface area contributed by atoms with Crippen molar-refractivity contribution in [3.8, 4) is 0 Å². The largest absolute Gasteiger partial charge is 0.466 e. The standard InChI is InChI=1S/C15H24N2O2S/c1-3-6-14-16-13(11-20-14)10-17-8-5-7-12(9-17)15(18)19-4-2/h11-12H,3-10H2,1-2H3. The summed E-state index contributed by atoms with van der Waals surface area (Å²) in [7, 11) is 0. The van der Waals surface area contributed by atoms with Crippen molar-refractivity contribution >= 4 is 17.3 Å². The molecule has 5 heteroatoms. The summed E-state index contributed by atoms with van der Waals surface area (Å²) < 4.78 is 5.14. The molecule has 0 spiro atoms. The molecule has 0 aromatic carbocycles. The molecule has 1 fully saturated rings. The minimum atomic E-state index is -0.0397. The Morgan fingerprint density at radius 3 is 3.15 bits per heavy atom. The number of thiazole rings is 1. The minimum Gasteiger partial charge on any atom is -0.466 e. The minimum absolute atomic E-state index is 0.0393. The lowest BCUT2D eigenvalue weighted by Gasteiger charge is -2.30. The highest BCUT2D eigenvalue weighted by atomic mass is 32.1. The molecular weight excluding hydrogens is 272 g/mol. The predicted octanol–water partition coefficient (Wildman–Crippen LogP) is 2.87. The molecule has 0 amide bonds. The van der Waals surface area contributed by atoms with Crippen molar-refractivity contribution < 1.29 is 9.53 Å². The van der Waals surface area contributed by atoms with Gasteiger partial charge in [-0.3, -0.25) is 9.69 Å². The Bertz CT molecular complexity index is 433. The molecule has 1 aromatic heterocycles. The molecule has 2 heterocycles. The normalized spacial score (nSPS) is 20.0. The summed E-state index contributed by atoms with van der Waals surface area (Å²) in [4.78, 5) is 18.8. The van der Waals surface area contributed by atoms with Crippen LogP contribution >= 0.6 is 11.3 Å². The molecule has 0 radical (unpaired) electrons. The first kappa shape index (κ1) is 15.4. The number of carbonyl (C=O) groups excluding carboxylic acids is 1. The molecule has 4 nitrogen and oxygen atoms in total. The fourth-order valence-electron chi connectivity index (χ4n) is 2.63. The number of piperidine rings is 1. The molecule has 0 aliphatic carbocycles. The highest BCUT2D eigenvalue weighted by molar-refractivity contribution is 7.09. The Morgan fingerprint density at radius 1 is 1.55 bits per heavy atom. The number of rotatable bonds is 6. The van der Waals surface area contributed by atoms with Gasteiger partial charge in [0.25, 0.3) is 0 Å². The zero-order chi connectivity index (χ0) is 14.4. The van der Waals surface area contributed by atoms with Crippen molar-refractivity contribution in [1.82, 2.24) is 9.88 Å². The number of esters is 1. The molecular formula is C15H24N2O2S. The lowest BCUT2D eigenvalue weighted by molar-refractivity contribution is -0.150. The Morgan fingerprint density at radius 2 is 2.40 bits per heavy atom. The van der Waals surface area contributed by atoms with Crippen LogP contribution in [0.25, 0.3) is 0 Å². The molecule has 0 bridgehead atoms. The van der Waals surface area contributed by atoms with E-state index < -0.39 is 0 Å². The van der Waals surface area contributed by atoms with Gasteiger partial charge in [-0.25, -0.2) is 4.98 Å². The zero-order valence-corrected chi connectivity index (χ0v) is 13.2. The summed E-state index contributed by atoms with van der Waals surface area (Å²) in [5.74, 6) is -0.000372. The smallest absolute Gasteiger partial charge is 0.310 e. The summed E-state index contributed by atoms with van der Waals surface area (Å²) in [5, 5.41) is 3.38. The van der Waals surface area contributed by atoms with Crippen molar-refractivity contribution in [2.24, 2.45) is 5.92 Å². The Kier molecular flexibility index (Phi) is 5.98. The van der Waals surface area contributed by atoms with Crippen LogP contribution in [0.3, 0.4) is 0 Å². The summed E-state index contributed by atoms with van der Waals surface area (Å²) in [6, 6.07) is 0. The average Bonchev–Trinajstić information content (AvgIpc) is 2.87. The second-order valence-electron chi connectivity index (χ2n) is 5.31. The number of ether oxygens (including phenoxy) is 1. The third-order valence-corrected chi connectivity index (χ3v) is 4.53. The third kappa shape index (κ3) is 4.28. The Balaban J connectivity index is 1.87. The predicted molar refractivity (Wildman–Crippen MR) is 80.7 cm³/mol. The van der Waals surface area contributed by atoms with E-state index in [1.165, 1.54) is 5.01 Å². The van der Waals surface area contributed by atoms with Crippen LogP contribution in [0.1, 0.15) is 43.8 Å². The van der Waals surface area contributed by atoms with Gasteiger partial charge in [0.1, 0.15) is 0 Å². The van der Waals surface area contributed by atoms with Crippen molar-refractivity contribution in [2.75, 3.05) is 19.7 Å². The summed E-state index contributed by atoms with van der Waals surface area (Å²) in [6.45, 7) is 7.23. The lowest BCUT2D eigenvalue weighted by Crippen LogP contribution is -2.39. The highest BCUT2D eigenvalue weighted by Crippen LogP contribution is 2.21. The van der Waals surface area contributed by atoms with E-state index in [0.29, 0.717) is 6.61 Å². The molecule has 1 aliphatic heterocycles. The molecule has 2 rings (SSSR count). The van der Waals surface area contributed by atoms with Crippen LogP contribution in [0, 0.1) is 5.92 Å². The van der Waals surface area contributed by atoms with Crippen LogP contribution in [-0.2, 0) is 22.5 Å². The van der Waals surface area contributed by atoms with Crippen LogP contribution < -0.4 is 0 Å². The average molecular weight is 296 g/mol. The molecule has 20 heavy (non-hydrogen) atoms. The van der Waals surface area contributed by atoms with E-state index in [0.717, 1.165) is 51.0 Å². The van der Waals surface area contributed by atoms with Crippen LogP contribution in [0.2, 0.25) is 0 Å². The van der Waals surface area contributed by atoms with E-state index in [4.69, 9.17) is 4.74 Å². The maximum Gasteiger partial charge on any atom is 0.310 e. The van der Waals surface area contributed by atoms with E-state index >= 15 is 0 Å². The van der Waals surface area contributed by atoms with Gasteiger partial charge in [-0.15, -0.1) is 11.3 Å². The molecule has 1 aromatic rings. The number of aryl methyl sites for hydroxylation is 1. The quantitative estimate of drug-likeness (QED) is 0.757. The SMILES string of the molecule is CCCc1nc(CN2CCCC(C(=O)OCC)C2)cs1. The topological polar surface area (TPSA) is 42.4 Å². The first-order valence-electron chi connectivity index (χ1n) is 7.55. The van der Waals surface area contributed by atoms with Gasteiger partial charge in [0.2, 0.25) is 0 Å². The van der Waals surface area contributed by atoms with E-state index in [1.807, 2.05) is 6.92 Å². The number of likely N-dealkylation sites (tertiary alicyclic amines) is 1. The summed E-state index contributed by atoms with van der Waals surface area (Å²) in [5.41, 5.74) is 1.14. The third-order valence-electron chi connectivity index (χ3n) is 3.57. The number of aromatic nitrogens is 1. The Hall–Kier alpha value is -0.940. The maximum atomic E-state index is 11.8. The van der Waals surface area contributed by atoms with Crippen molar-refractivity contribution in [3.05, 3.63) is 16.1 Å². The summed E-state index contributed by atoms with van der Waals surface area (Å²) in [6.07, 6.45) is 4.22. The monoisotopic (exact) mass is 296 g/mol. The fraction of sp³-hybridized carbons (Fsp3) is 0.733. The van der Waals surface area contributed by atoms with E-state index in [2.05, 4.69) is 22.2 Å². The van der Waals surface area contributed by atoms with Crippen LogP contribution in [0.4, 0.5) is 0 Å². The van der Waals surface area contributed by atoms with Gasteiger partial charge in [-0.1, -0.05) is 6.92 Å². The molecule has 1 aliphatic rings. The lowest BCUT2D eigenvalue weighted by atomic mass is 9.98. The van der Waals surface area contributed by atoms with Gasteiger partial charge in [0.05, 0.1) is 23.2 Å². The molecule has 0 N–H and O–H groups in total. The van der Waals surface area contributed by atoms with Gasteiger partial charge >= 0.3 is 5.97 Å². The van der Waals surface area contributed by atoms with Gasteiger partial charge in [0.15, 0.2) is 0 Å². The van der Waals surface area contributed by atoms with Gasteiger partial charge < -0.3 is 4.74 Å². The number of nitrogens with zero attached hydrogens (tertiary/aromatic N) is 2. The second kappa shape index (κ2) is 7.74. The van der Waals surface area contributed by atoms with E-state index in [-0.39, 0.29) is 11.9 Å². The van der Waals surface area contributed by atoms with Gasteiger partial charge in [-0.05, 0) is 39.2 Å². The Labute approximate surface area is 125 Å². The molecule has 1 saturated heterocycles. The molecule has 1 unspecified atom stereocenters. The van der Waals surface area contributed by atoms with E-state index in [1.54, 1.807) is 11.3 Å². The van der Waals surface area contributed by atoms with Crippen molar-refractivity contribution in [1.29, 1.82) is 0 Å². The highest BCUT2D eigenvalue weighted by Gasteiger charge is 2.27. The molecule has 112 valence electrons. The second-order valence-corrected chi connectivity index (χ2v) is 6.25. The van der Waals surface area contributed by atoms with Crippen LogP contribution in [0.15, 0.2) is 5.38 Å². The molecule has 0 saturated carbocycles. The van der Waals surface area contributed by atoms with Crippen LogP contribution in [-0.4, -0.2) is 35.5 Å². The van der Waals surface area contributed by atoms with Gasteiger partial charge in [-0.2, -0.15) is 0 Å². The maximum absolute atomic E-state index is 11.8. The first-order chi connectivity index (χ1) is 9.72. The number of hydrogen-bond acceptors (Lipinski definition) is 5.